The number of hydrogen-bond donors (Lipinski definition) is 2. The number of carbonyl (C=O) groups excluding carboxylic acids is 1. The molecule has 0 atom stereocenters. The first-order valence-electron chi connectivity index (χ1n) is 8.89. The Labute approximate surface area is 182 Å². The quantitative estimate of drug-likeness (QED) is 0.266. The summed E-state index contributed by atoms with van der Waals surface area (Å²) in [5, 5.41) is 3.39. The number of aromatic nitrogens is 1. The zero-order chi connectivity index (χ0) is 21.7. The van der Waals surface area contributed by atoms with Crippen LogP contribution in [0, 0.1) is 0 Å². The highest BCUT2D eigenvalue weighted by Gasteiger charge is 2.15. The van der Waals surface area contributed by atoms with Crippen molar-refractivity contribution in [1.29, 1.82) is 0 Å². The summed E-state index contributed by atoms with van der Waals surface area (Å²) in [4.78, 5) is 15.1. The molecule has 4 nitrogen and oxygen atoms in total. The number of nitrogens with one attached hydrogen (secondary N) is 2. The Kier molecular flexibility index (Phi) is 13.5. The van der Waals surface area contributed by atoms with Gasteiger partial charge in [-0.25, -0.2) is 0 Å². The number of methoxy groups -OCH3 is 1. The van der Waals surface area contributed by atoms with Gasteiger partial charge < -0.3 is 15.0 Å². The fraction of sp³-hybridized carbons (Fsp3) is 0.381. The summed E-state index contributed by atoms with van der Waals surface area (Å²) in [6, 6.07) is 1.79. The number of carbonyl (C=O) groups is 1. The fourth-order valence-electron chi connectivity index (χ4n) is 2.16. The van der Waals surface area contributed by atoms with E-state index >= 15 is 0 Å². The van der Waals surface area contributed by atoms with Gasteiger partial charge in [0.25, 0.3) is 5.91 Å². The maximum Gasteiger partial charge on any atom is 0.267 e. The number of allylic oxidation sites excluding steroid dienone is 3. The largest absolute Gasteiger partial charge is 0.502 e. The third kappa shape index (κ3) is 9.00. The van der Waals surface area contributed by atoms with Gasteiger partial charge in [-0.15, -0.1) is 24.5 Å². The predicted molar refractivity (Wildman–Crippen MR) is 125 cm³/mol. The Morgan fingerprint density at radius 3 is 2.46 bits per heavy atom. The average molecular weight is 445 g/mol. The minimum Gasteiger partial charge on any atom is -0.502 e. The van der Waals surface area contributed by atoms with E-state index in [0.717, 1.165) is 35.2 Å². The van der Waals surface area contributed by atoms with Gasteiger partial charge in [0.05, 0.1) is 28.1 Å². The molecular formula is C21H30Cl2N2O2S. The molecule has 2 N–H and O–H groups in total. The first kappa shape index (κ1) is 26.3. The molecule has 0 unspecified atom stereocenters. The number of hydrogen-bond acceptors (Lipinski definition) is 3. The third-order valence-electron chi connectivity index (χ3n) is 3.55. The van der Waals surface area contributed by atoms with Gasteiger partial charge in [-0.05, 0) is 39.2 Å². The molecule has 0 spiro atoms. The molecule has 7 heteroatoms. The summed E-state index contributed by atoms with van der Waals surface area (Å²) in [6.45, 7) is 16.2. The maximum absolute atomic E-state index is 12.1. The van der Waals surface area contributed by atoms with Crippen LogP contribution in [-0.4, -0.2) is 24.5 Å². The van der Waals surface area contributed by atoms with Crippen molar-refractivity contribution in [3.8, 4) is 0 Å². The van der Waals surface area contributed by atoms with Crippen LogP contribution in [0.5, 0.6) is 0 Å². The molecule has 0 fully saturated rings. The van der Waals surface area contributed by atoms with E-state index in [1.807, 2.05) is 0 Å². The minimum atomic E-state index is -0.109. The molecule has 0 aliphatic heterocycles. The second-order valence-corrected chi connectivity index (χ2v) is 7.87. The summed E-state index contributed by atoms with van der Waals surface area (Å²) in [7, 11) is 1.60. The molecule has 1 amide bonds. The molecule has 2 rings (SSSR count). The Morgan fingerprint density at radius 1 is 1.36 bits per heavy atom. The van der Waals surface area contributed by atoms with E-state index in [1.54, 1.807) is 20.1 Å². The van der Waals surface area contributed by atoms with Gasteiger partial charge >= 0.3 is 0 Å². The van der Waals surface area contributed by atoms with Crippen LogP contribution in [0.15, 0.2) is 43.2 Å². The zero-order valence-corrected chi connectivity index (χ0v) is 19.4. The van der Waals surface area contributed by atoms with Crippen LogP contribution < -0.4 is 5.32 Å². The Morgan fingerprint density at radius 2 is 1.96 bits per heavy atom. The number of ether oxygens (including phenoxy) is 1. The third-order valence-corrected chi connectivity index (χ3v) is 5.48. The van der Waals surface area contributed by atoms with Gasteiger partial charge in [-0.2, -0.15) is 0 Å². The van der Waals surface area contributed by atoms with Crippen molar-refractivity contribution >= 4 is 50.7 Å². The highest BCUT2D eigenvalue weighted by Crippen LogP contribution is 2.38. The fourth-order valence-corrected chi connectivity index (χ4v) is 3.64. The minimum absolute atomic E-state index is 0.109. The average Bonchev–Trinajstić information content (AvgIpc) is 3.20. The Bertz CT molecular complexity index is 794. The standard InChI is InChI=1S/C15H18Cl2N2OS.C4H8O.C2H4/c1-3-5-9(2)6-4-7-18-15(20)10-8-11-13(19-10)12(16)14(17)21-11;1-4(2)5-3;1-2/h5,8,19H,3-4,6-7H2,1-2H3,(H,18,20);1H2,2-3H3;1-2H2/b9-5+;;. The molecule has 0 bridgehead atoms. The van der Waals surface area contributed by atoms with E-state index in [0.29, 0.717) is 21.6 Å². The van der Waals surface area contributed by atoms with Crippen LogP contribution in [0.2, 0.25) is 9.36 Å². The Balaban J connectivity index is 0.000000906. The SMILES string of the molecule is C=C.C=C(C)OC.CC/C=C(\C)CCCNC(=O)c1cc2sc(Cl)c(Cl)c2[nH]1. The summed E-state index contributed by atoms with van der Waals surface area (Å²) < 4.78 is 6.00. The molecule has 2 heterocycles. The lowest BCUT2D eigenvalue weighted by Gasteiger charge is -2.04. The summed E-state index contributed by atoms with van der Waals surface area (Å²) in [5.41, 5.74) is 2.63. The van der Waals surface area contributed by atoms with Gasteiger partial charge in [-0.1, -0.05) is 48.4 Å². The first-order valence-corrected chi connectivity index (χ1v) is 10.5. The van der Waals surface area contributed by atoms with Gasteiger partial charge in [0, 0.05) is 6.54 Å². The van der Waals surface area contributed by atoms with E-state index in [1.165, 1.54) is 16.9 Å². The molecule has 0 aliphatic carbocycles. The highest BCUT2D eigenvalue weighted by atomic mass is 35.5. The molecule has 2 aromatic heterocycles. The van der Waals surface area contributed by atoms with Gasteiger partial charge in [0.15, 0.2) is 0 Å². The van der Waals surface area contributed by atoms with E-state index in [4.69, 9.17) is 23.2 Å². The van der Waals surface area contributed by atoms with E-state index in [2.05, 4.69) is 54.7 Å². The van der Waals surface area contributed by atoms with Crippen LogP contribution in [0.1, 0.15) is 50.5 Å². The second-order valence-electron chi connectivity index (χ2n) is 5.84. The second kappa shape index (κ2) is 14.3. The summed E-state index contributed by atoms with van der Waals surface area (Å²) in [6.07, 6.45) is 5.22. The Hall–Kier alpha value is -1.69. The molecule has 2 aromatic rings. The number of amides is 1. The van der Waals surface area contributed by atoms with Crippen LogP contribution >= 0.6 is 34.5 Å². The topological polar surface area (TPSA) is 54.1 Å². The molecule has 0 radical (unpaired) electrons. The van der Waals surface area contributed by atoms with E-state index in [9.17, 15) is 4.79 Å². The van der Waals surface area contributed by atoms with Crippen LogP contribution in [0.4, 0.5) is 0 Å². The lowest BCUT2D eigenvalue weighted by Crippen LogP contribution is -2.24. The van der Waals surface area contributed by atoms with E-state index < -0.39 is 0 Å². The van der Waals surface area contributed by atoms with Crippen molar-refractivity contribution in [3.63, 3.8) is 0 Å². The molecular weight excluding hydrogens is 415 g/mol. The number of thiophene rings is 1. The number of rotatable bonds is 7. The van der Waals surface area contributed by atoms with Crippen molar-refractivity contribution in [1.82, 2.24) is 10.3 Å². The monoisotopic (exact) mass is 444 g/mol. The molecule has 0 saturated carbocycles. The normalized spacial score (nSPS) is 10.4. The molecule has 0 saturated heterocycles. The lowest BCUT2D eigenvalue weighted by atomic mass is 10.1. The molecule has 0 aliphatic rings. The smallest absolute Gasteiger partial charge is 0.267 e. The van der Waals surface area contributed by atoms with Crippen LogP contribution in [0.25, 0.3) is 10.2 Å². The van der Waals surface area contributed by atoms with Crippen molar-refractivity contribution in [2.24, 2.45) is 0 Å². The van der Waals surface area contributed by atoms with Crippen LogP contribution in [0.3, 0.4) is 0 Å². The maximum atomic E-state index is 12.1. The summed E-state index contributed by atoms with van der Waals surface area (Å²) >= 11 is 13.4. The summed E-state index contributed by atoms with van der Waals surface area (Å²) in [5.74, 6) is 0.646. The number of fused-ring (bicyclic) bond motifs is 1. The van der Waals surface area contributed by atoms with E-state index in [-0.39, 0.29) is 5.91 Å². The van der Waals surface area contributed by atoms with Gasteiger partial charge in [0.2, 0.25) is 0 Å². The zero-order valence-electron chi connectivity index (χ0n) is 17.1. The van der Waals surface area contributed by atoms with Crippen molar-refractivity contribution < 1.29 is 9.53 Å². The molecule has 0 aromatic carbocycles. The molecule has 156 valence electrons. The number of aromatic amines is 1. The predicted octanol–water partition coefficient (Wildman–Crippen LogP) is 7.37. The number of halogens is 2. The lowest BCUT2D eigenvalue weighted by molar-refractivity contribution is 0.0949. The highest BCUT2D eigenvalue weighted by molar-refractivity contribution is 7.23. The van der Waals surface area contributed by atoms with Crippen molar-refractivity contribution in [2.75, 3.05) is 13.7 Å². The van der Waals surface area contributed by atoms with Crippen LogP contribution in [-0.2, 0) is 4.74 Å². The van der Waals surface area contributed by atoms with Gasteiger partial charge in [-0.3, -0.25) is 4.79 Å². The molecule has 28 heavy (non-hydrogen) atoms. The van der Waals surface area contributed by atoms with Gasteiger partial charge in [0.1, 0.15) is 10.0 Å². The van der Waals surface area contributed by atoms with Crippen molar-refractivity contribution in [2.45, 2.75) is 40.0 Å². The van der Waals surface area contributed by atoms with Crippen molar-refractivity contribution in [3.05, 3.63) is 58.3 Å². The number of H-pyrrole nitrogens is 1. The first-order chi connectivity index (χ1) is 13.3.